The Balaban J connectivity index is 1.94. The molecule has 1 atom stereocenters. The van der Waals surface area contributed by atoms with Crippen molar-refractivity contribution >= 4 is 45.3 Å². The smallest absolute Gasteiger partial charge is 0.413 e. The van der Waals surface area contributed by atoms with Crippen LogP contribution in [0.3, 0.4) is 0 Å². The summed E-state index contributed by atoms with van der Waals surface area (Å²) < 4.78 is 4.46. The number of amides is 2. The summed E-state index contributed by atoms with van der Waals surface area (Å²) in [4.78, 5) is 32.9. The third-order valence-electron chi connectivity index (χ3n) is 3.77. The van der Waals surface area contributed by atoms with Crippen molar-refractivity contribution in [3.8, 4) is 11.1 Å². The number of aryl methyl sites for hydroxylation is 1. The van der Waals surface area contributed by atoms with E-state index < -0.39 is 17.3 Å². The van der Waals surface area contributed by atoms with Crippen LogP contribution in [0.2, 0.25) is 0 Å². The lowest BCUT2D eigenvalue weighted by Gasteiger charge is -2.11. The van der Waals surface area contributed by atoms with Crippen LogP contribution < -0.4 is 5.32 Å². The predicted molar refractivity (Wildman–Crippen MR) is 103 cm³/mol. The number of ether oxygens (including phenoxy) is 1. The van der Waals surface area contributed by atoms with E-state index in [1.54, 1.807) is 6.92 Å². The normalized spacial score (nSPS) is 12.0. The van der Waals surface area contributed by atoms with Crippen molar-refractivity contribution in [3.63, 3.8) is 0 Å². The summed E-state index contributed by atoms with van der Waals surface area (Å²) in [5.41, 5.74) is 3.30. The number of rotatable bonds is 4. The van der Waals surface area contributed by atoms with Crippen molar-refractivity contribution < 1.29 is 14.3 Å². The molecule has 0 unspecified atom stereocenters. The van der Waals surface area contributed by atoms with Crippen molar-refractivity contribution in [2.24, 2.45) is 0 Å². The van der Waals surface area contributed by atoms with E-state index in [1.165, 1.54) is 42.1 Å². The zero-order valence-electron chi connectivity index (χ0n) is 14.5. The Morgan fingerprint density at radius 2 is 1.96 bits per heavy atom. The van der Waals surface area contributed by atoms with Gasteiger partial charge in [-0.25, -0.2) is 14.8 Å². The van der Waals surface area contributed by atoms with Crippen LogP contribution in [0, 0.1) is 6.92 Å². The summed E-state index contributed by atoms with van der Waals surface area (Å²) in [7, 11) is 1.22. The van der Waals surface area contributed by atoms with Crippen molar-refractivity contribution in [3.05, 3.63) is 41.5 Å². The predicted octanol–water partition coefficient (Wildman–Crippen LogP) is 4.03. The second kappa shape index (κ2) is 7.84. The molecule has 0 saturated heterocycles. The molecule has 3 rings (SSSR count). The molecule has 0 saturated carbocycles. The van der Waals surface area contributed by atoms with E-state index in [4.69, 9.17) is 0 Å². The van der Waals surface area contributed by atoms with Gasteiger partial charge in [0.15, 0.2) is 0 Å². The number of carbonyl (C=O) groups excluding carboxylic acids is 2. The quantitative estimate of drug-likeness (QED) is 0.538. The number of imide groups is 1. The first-order valence-corrected chi connectivity index (χ1v) is 9.60. The summed E-state index contributed by atoms with van der Waals surface area (Å²) in [5, 5.41) is 5.34. The van der Waals surface area contributed by atoms with Gasteiger partial charge in [-0.05, 0) is 19.4 Å². The van der Waals surface area contributed by atoms with Crippen LogP contribution >= 0.6 is 23.1 Å². The molecule has 6 nitrogen and oxygen atoms in total. The van der Waals surface area contributed by atoms with Crippen LogP contribution in [0.4, 0.5) is 4.79 Å². The average molecular weight is 387 g/mol. The second-order valence-corrected chi connectivity index (χ2v) is 7.80. The number of fused-ring (bicyclic) bond motifs is 1. The Hall–Kier alpha value is -2.45. The second-order valence-electron chi connectivity index (χ2n) is 5.62. The highest BCUT2D eigenvalue weighted by Gasteiger charge is 2.21. The molecule has 0 aliphatic carbocycles. The van der Waals surface area contributed by atoms with Gasteiger partial charge in [0.05, 0.1) is 17.7 Å². The van der Waals surface area contributed by atoms with Gasteiger partial charge in [0.1, 0.15) is 16.2 Å². The minimum absolute atomic E-state index is 0.430. The van der Waals surface area contributed by atoms with E-state index in [1.807, 2.05) is 12.3 Å². The average Bonchev–Trinajstić information content (AvgIpc) is 3.07. The molecule has 0 spiro atoms. The molecule has 2 amide bonds. The lowest BCUT2D eigenvalue weighted by molar-refractivity contribution is -0.119. The standard InChI is InChI=1S/C18H17N3O3S2/c1-10-4-6-12(7-5-10)13-8-25-16-14(13)17(20-9-19-16)26-11(2)15(22)21-18(23)24-3/h4-9,11H,1-3H3,(H,21,22,23)/t11-/m0/s1. The largest absolute Gasteiger partial charge is 0.453 e. The maximum atomic E-state index is 12.1. The molecule has 0 aliphatic heterocycles. The number of hydrogen-bond acceptors (Lipinski definition) is 7. The minimum atomic E-state index is -0.772. The van der Waals surface area contributed by atoms with Gasteiger partial charge in [-0.1, -0.05) is 41.6 Å². The van der Waals surface area contributed by atoms with Gasteiger partial charge in [0.2, 0.25) is 5.91 Å². The third kappa shape index (κ3) is 3.86. The van der Waals surface area contributed by atoms with E-state index in [9.17, 15) is 9.59 Å². The number of carbonyl (C=O) groups is 2. The van der Waals surface area contributed by atoms with Crippen LogP contribution in [-0.2, 0) is 9.53 Å². The SMILES string of the molecule is COC(=O)NC(=O)[C@H](C)Sc1ncnc2scc(-c3ccc(C)cc3)c12. The van der Waals surface area contributed by atoms with Crippen molar-refractivity contribution in [2.45, 2.75) is 24.1 Å². The Morgan fingerprint density at radius 3 is 2.65 bits per heavy atom. The van der Waals surface area contributed by atoms with E-state index >= 15 is 0 Å². The van der Waals surface area contributed by atoms with Gasteiger partial charge < -0.3 is 4.74 Å². The molecule has 26 heavy (non-hydrogen) atoms. The van der Waals surface area contributed by atoms with Crippen LogP contribution in [0.1, 0.15) is 12.5 Å². The first kappa shape index (κ1) is 18.3. The lowest BCUT2D eigenvalue weighted by atomic mass is 10.1. The minimum Gasteiger partial charge on any atom is -0.453 e. The van der Waals surface area contributed by atoms with Gasteiger partial charge in [-0.2, -0.15) is 0 Å². The Morgan fingerprint density at radius 1 is 1.23 bits per heavy atom. The molecule has 2 heterocycles. The fraction of sp³-hybridized carbons (Fsp3) is 0.222. The molecule has 2 aromatic heterocycles. The van der Waals surface area contributed by atoms with E-state index in [2.05, 4.69) is 44.3 Å². The number of aromatic nitrogens is 2. The van der Waals surface area contributed by atoms with Crippen molar-refractivity contribution in [1.29, 1.82) is 0 Å². The highest BCUT2D eigenvalue weighted by Crippen LogP contribution is 2.38. The maximum absolute atomic E-state index is 12.1. The fourth-order valence-electron chi connectivity index (χ4n) is 2.36. The Bertz CT molecular complexity index is 954. The summed E-state index contributed by atoms with van der Waals surface area (Å²) >= 11 is 2.82. The summed E-state index contributed by atoms with van der Waals surface area (Å²) in [6.07, 6.45) is 0.719. The third-order valence-corrected chi connectivity index (χ3v) is 5.75. The number of alkyl carbamates (subject to hydrolysis) is 1. The molecule has 0 radical (unpaired) electrons. The monoisotopic (exact) mass is 387 g/mol. The molecular weight excluding hydrogens is 370 g/mol. The number of nitrogens with zero attached hydrogens (tertiary/aromatic N) is 2. The number of benzene rings is 1. The number of methoxy groups -OCH3 is 1. The highest BCUT2D eigenvalue weighted by molar-refractivity contribution is 8.00. The molecule has 0 fully saturated rings. The Labute approximate surface area is 159 Å². The van der Waals surface area contributed by atoms with Gasteiger partial charge in [-0.3, -0.25) is 10.1 Å². The van der Waals surface area contributed by atoms with Gasteiger partial charge >= 0.3 is 6.09 Å². The lowest BCUT2D eigenvalue weighted by Crippen LogP contribution is -2.35. The molecule has 1 N–H and O–H groups in total. The zero-order valence-corrected chi connectivity index (χ0v) is 16.1. The summed E-state index contributed by atoms with van der Waals surface area (Å²) in [6.45, 7) is 3.76. The van der Waals surface area contributed by atoms with Gasteiger partial charge in [0.25, 0.3) is 0 Å². The van der Waals surface area contributed by atoms with Gasteiger partial charge in [0, 0.05) is 10.9 Å². The first-order chi connectivity index (χ1) is 12.5. The van der Waals surface area contributed by atoms with E-state index in [0.29, 0.717) is 5.03 Å². The summed E-state index contributed by atoms with van der Waals surface area (Å²) in [6, 6.07) is 8.24. The van der Waals surface area contributed by atoms with Crippen LogP contribution in [0.15, 0.2) is 41.0 Å². The van der Waals surface area contributed by atoms with Crippen LogP contribution in [-0.4, -0.2) is 34.3 Å². The Kier molecular flexibility index (Phi) is 5.53. The molecular formula is C18H17N3O3S2. The van der Waals surface area contributed by atoms with E-state index in [0.717, 1.165) is 21.3 Å². The van der Waals surface area contributed by atoms with Gasteiger partial charge in [-0.15, -0.1) is 11.3 Å². The fourth-order valence-corrected chi connectivity index (χ4v) is 4.27. The summed E-state index contributed by atoms with van der Waals surface area (Å²) in [5.74, 6) is -0.430. The molecule has 0 aliphatic rings. The molecule has 0 bridgehead atoms. The molecule has 8 heteroatoms. The number of thioether (sulfide) groups is 1. The van der Waals surface area contributed by atoms with Crippen molar-refractivity contribution in [2.75, 3.05) is 7.11 Å². The van der Waals surface area contributed by atoms with E-state index in [-0.39, 0.29) is 0 Å². The molecule has 134 valence electrons. The number of hydrogen-bond donors (Lipinski definition) is 1. The zero-order chi connectivity index (χ0) is 18.7. The topological polar surface area (TPSA) is 81.2 Å². The number of nitrogens with one attached hydrogen (secondary N) is 1. The van der Waals surface area contributed by atoms with Crippen molar-refractivity contribution in [1.82, 2.24) is 15.3 Å². The van der Waals surface area contributed by atoms with Crippen LogP contribution in [0.25, 0.3) is 21.3 Å². The van der Waals surface area contributed by atoms with Crippen LogP contribution in [0.5, 0.6) is 0 Å². The molecule has 3 aromatic rings. The maximum Gasteiger partial charge on any atom is 0.413 e. The number of thiophene rings is 1. The highest BCUT2D eigenvalue weighted by atomic mass is 32.2. The first-order valence-electron chi connectivity index (χ1n) is 7.84. The molecule has 1 aromatic carbocycles.